The standard InChI is InChI=1S/C13H22N2O2/c1-13(2,3)17-12(16)15-9-6-11(7-10-15)5-4-8-14/h11H,6-10,14H2,1-3H3. The van der Waals surface area contributed by atoms with Crippen LogP contribution in [0.25, 0.3) is 0 Å². The van der Waals surface area contributed by atoms with E-state index in [0.29, 0.717) is 12.5 Å². The average Bonchev–Trinajstić information content (AvgIpc) is 2.24. The van der Waals surface area contributed by atoms with E-state index in [4.69, 9.17) is 10.5 Å². The molecular weight excluding hydrogens is 216 g/mol. The van der Waals surface area contributed by atoms with Gasteiger partial charge in [0.05, 0.1) is 6.54 Å². The number of carbonyl (C=O) groups is 1. The second kappa shape index (κ2) is 5.92. The molecule has 1 fully saturated rings. The maximum Gasteiger partial charge on any atom is 0.410 e. The Hall–Kier alpha value is -1.21. The summed E-state index contributed by atoms with van der Waals surface area (Å²) in [6.07, 6.45) is 1.60. The molecule has 1 rings (SSSR count). The summed E-state index contributed by atoms with van der Waals surface area (Å²) in [7, 11) is 0. The number of hydrogen-bond donors (Lipinski definition) is 1. The van der Waals surface area contributed by atoms with Gasteiger partial charge in [-0.1, -0.05) is 11.8 Å². The highest BCUT2D eigenvalue weighted by Gasteiger charge is 2.25. The number of nitrogens with zero attached hydrogens (tertiary/aromatic N) is 1. The summed E-state index contributed by atoms with van der Waals surface area (Å²) >= 11 is 0. The van der Waals surface area contributed by atoms with Gasteiger partial charge < -0.3 is 15.4 Å². The normalized spacial score (nSPS) is 17.3. The number of amides is 1. The fraction of sp³-hybridized carbons (Fsp3) is 0.769. The Morgan fingerprint density at radius 2 is 2.00 bits per heavy atom. The van der Waals surface area contributed by atoms with Crippen molar-refractivity contribution in [2.24, 2.45) is 11.7 Å². The summed E-state index contributed by atoms with van der Waals surface area (Å²) in [6.45, 7) is 7.49. The summed E-state index contributed by atoms with van der Waals surface area (Å²) in [5.41, 5.74) is 4.91. The monoisotopic (exact) mass is 238 g/mol. The fourth-order valence-corrected chi connectivity index (χ4v) is 1.74. The second-order valence-electron chi connectivity index (χ2n) is 5.27. The Bertz CT molecular complexity index is 315. The molecule has 17 heavy (non-hydrogen) atoms. The van der Waals surface area contributed by atoms with Crippen molar-refractivity contribution in [2.75, 3.05) is 19.6 Å². The fourth-order valence-electron chi connectivity index (χ4n) is 1.74. The second-order valence-corrected chi connectivity index (χ2v) is 5.27. The van der Waals surface area contributed by atoms with Gasteiger partial charge in [-0.2, -0.15) is 0 Å². The van der Waals surface area contributed by atoms with Crippen molar-refractivity contribution in [2.45, 2.75) is 39.2 Å². The topological polar surface area (TPSA) is 55.6 Å². The largest absolute Gasteiger partial charge is 0.444 e. The molecule has 1 heterocycles. The van der Waals surface area contributed by atoms with Crippen LogP contribution >= 0.6 is 0 Å². The van der Waals surface area contributed by atoms with E-state index < -0.39 is 5.60 Å². The van der Waals surface area contributed by atoms with Crippen LogP contribution in [0, 0.1) is 17.8 Å². The molecule has 0 aromatic rings. The summed E-state index contributed by atoms with van der Waals surface area (Å²) in [6, 6.07) is 0. The number of ether oxygens (including phenoxy) is 1. The Labute approximate surface area is 103 Å². The van der Waals surface area contributed by atoms with Gasteiger partial charge in [-0.05, 0) is 33.6 Å². The Morgan fingerprint density at radius 3 is 2.47 bits per heavy atom. The first-order valence-electron chi connectivity index (χ1n) is 6.09. The molecule has 0 aromatic heterocycles. The quantitative estimate of drug-likeness (QED) is 0.652. The van der Waals surface area contributed by atoms with Crippen molar-refractivity contribution in [3.63, 3.8) is 0 Å². The van der Waals surface area contributed by atoms with Gasteiger partial charge in [0, 0.05) is 19.0 Å². The molecule has 1 amide bonds. The number of carbonyl (C=O) groups excluding carboxylic acids is 1. The van der Waals surface area contributed by atoms with Crippen LogP contribution in [0.4, 0.5) is 4.79 Å². The maximum absolute atomic E-state index is 11.8. The SMILES string of the molecule is CC(C)(C)OC(=O)N1CCC(C#CCN)CC1. The minimum absolute atomic E-state index is 0.220. The van der Waals surface area contributed by atoms with Gasteiger partial charge in [0.25, 0.3) is 0 Å². The van der Waals surface area contributed by atoms with Crippen LogP contribution in [-0.4, -0.2) is 36.2 Å². The number of nitrogens with two attached hydrogens (primary N) is 1. The molecule has 1 aliphatic heterocycles. The van der Waals surface area contributed by atoms with Crippen LogP contribution in [0.5, 0.6) is 0 Å². The average molecular weight is 238 g/mol. The highest BCUT2D eigenvalue weighted by atomic mass is 16.6. The lowest BCUT2D eigenvalue weighted by molar-refractivity contribution is 0.0199. The van der Waals surface area contributed by atoms with Gasteiger partial charge in [-0.25, -0.2) is 4.79 Å². The van der Waals surface area contributed by atoms with E-state index in [-0.39, 0.29) is 6.09 Å². The van der Waals surface area contributed by atoms with Crippen molar-refractivity contribution in [1.82, 2.24) is 4.90 Å². The van der Waals surface area contributed by atoms with Crippen molar-refractivity contribution in [1.29, 1.82) is 0 Å². The highest BCUT2D eigenvalue weighted by molar-refractivity contribution is 5.68. The molecule has 4 heteroatoms. The number of rotatable bonds is 0. The van der Waals surface area contributed by atoms with Gasteiger partial charge in [0.15, 0.2) is 0 Å². The molecule has 0 bridgehead atoms. The molecule has 4 nitrogen and oxygen atoms in total. The number of likely N-dealkylation sites (tertiary alicyclic amines) is 1. The van der Waals surface area contributed by atoms with Crippen LogP contribution in [0.15, 0.2) is 0 Å². The molecule has 0 aliphatic carbocycles. The molecule has 0 radical (unpaired) electrons. The summed E-state index contributed by atoms with van der Waals surface area (Å²) in [5, 5.41) is 0. The third-order valence-corrected chi connectivity index (χ3v) is 2.55. The molecule has 96 valence electrons. The predicted molar refractivity (Wildman–Crippen MR) is 67.4 cm³/mol. The molecule has 1 saturated heterocycles. The van der Waals surface area contributed by atoms with E-state index in [9.17, 15) is 4.79 Å². The van der Waals surface area contributed by atoms with Crippen molar-refractivity contribution in [3.8, 4) is 11.8 Å². The minimum atomic E-state index is -0.423. The predicted octanol–water partition coefficient (Wildman–Crippen LogP) is 1.60. The zero-order chi connectivity index (χ0) is 12.9. The van der Waals surface area contributed by atoms with Crippen LogP contribution < -0.4 is 5.73 Å². The third kappa shape index (κ3) is 5.10. The molecule has 0 atom stereocenters. The first kappa shape index (κ1) is 13.9. The summed E-state index contributed by atoms with van der Waals surface area (Å²) < 4.78 is 5.32. The van der Waals surface area contributed by atoms with Crippen LogP contribution in [0.2, 0.25) is 0 Å². The van der Waals surface area contributed by atoms with Crippen molar-refractivity contribution >= 4 is 6.09 Å². The van der Waals surface area contributed by atoms with Gasteiger partial charge in [0.1, 0.15) is 5.60 Å². The van der Waals surface area contributed by atoms with Gasteiger partial charge in [0.2, 0.25) is 0 Å². The third-order valence-electron chi connectivity index (χ3n) is 2.55. The van der Waals surface area contributed by atoms with Crippen LogP contribution in [0.1, 0.15) is 33.6 Å². The summed E-state index contributed by atoms with van der Waals surface area (Å²) in [4.78, 5) is 13.5. The van der Waals surface area contributed by atoms with E-state index in [0.717, 1.165) is 25.9 Å². The smallest absolute Gasteiger partial charge is 0.410 e. The Balaban J connectivity index is 2.39. The van der Waals surface area contributed by atoms with Gasteiger partial charge in [-0.3, -0.25) is 0 Å². The number of piperidine rings is 1. The lowest BCUT2D eigenvalue weighted by atomic mass is 9.98. The lowest BCUT2D eigenvalue weighted by Gasteiger charge is -2.31. The highest BCUT2D eigenvalue weighted by Crippen LogP contribution is 2.18. The lowest BCUT2D eigenvalue weighted by Crippen LogP contribution is -2.41. The summed E-state index contributed by atoms with van der Waals surface area (Å²) in [5.74, 6) is 6.39. The molecule has 0 aromatic carbocycles. The molecule has 1 aliphatic rings. The molecular formula is C13H22N2O2. The van der Waals surface area contributed by atoms with E-state index in [1.807, 2.05) is 20.8 Å². The zero-order valence-electron chi connectivity index (χ0n) is 11.0. The van der Waals surface area contributed by atoms with Gasteiger partial charge >= 0.3 is 6.09 Å². The number of hydrogen-bond acceptors (Lipinski definition) is 3. The molecule has 0 unspecified atom stereocenters. The van der Waals surface area contributed by atoms with E-state index >= 15 is 0 Å². The van der Waals surface area contributed by atoms with Gasteiger partial charge in [-0.15, -0.1) is 0 Å². The van der Waals surface area contributed by atoms with E-state index in [1.165, 1.54) is 0 Å². The van der Waals surface area contributed by atoms with Crippen molar-refractivity contribution in [3.05, 3.63) is 0 Å². The van der Waals surface area contributed by atoms with Crippen LogP contribution in [-0.2, 0) is 4.74 Å². The molecule has 2 N–H and O–H groups in total. The first-order valence-corrected chi connectivity index (χ1v) is 6.09. The zero-order valence-corrected chi connectivity index (χ0v) is 11.0. The van der Waals surface area contributed by atoms with E-state index in [2.05, 4.69) is 11.8 Å². The van der Waals surface area contributed by atoms with Crippen LogP contribution in [0.3, 0.4) is 0 Å². The minimum Gasteiger partial charge on any atom is -0.444 e. The maximum atomic E-state index is 11.8. The molecule has 0 spiro atoms. The Morgan fingerprint density at radius 1 is 1.41 bits per heavy atom. The Kier molecular flexibility index (Phi) is 4.83. The van der Waals surface area contributed by atoms with Crippen molar-refractivity contribution < 1.29 is 9.53 Å². The first-order chi connectivity index (χ1) is 7.92. The van der Waals surface area contributed by atoms with E-state index in [1.54, 1.807) is 4.90 Å². The molecule has 0 saturated carbocycles.